The molecule has 1 aliphatic rings. The molecule has 0 spiro atoms. The van der Waals surface area contributed by atoms with E-state index in [1.54, 1.807) is 18.2 Å². The molecule has 29 heavy (non-hydrogen) atoms. The van der Waals surface area contributed by atoms with Crippen LogP contribution in [-0.2, 0) is 0 Å². The average molecular weight is 380 g/mol. The zero-order valence-electron chi connectivity index (χ0n) is 16.3. The highest BCUT2D eigenvalue weighted by atomic mass is 16.5. The van der Waals surface area contributed by atoms with Gasteiger partial charge in [0.2, 0.25) is 5.78 Å². The predicted octanol–water partition coefficient (Wildman–Crippen LogP) is 4.35. The molecule has 0 bridgehead atoms. The molecule has 1 heterocycles. The van der Waals surface area contributed by atoms with E-state index in [1.807, 2.05) is 73.6 Å². The maximum Gasteiger partial charge on any atom is 0.232 e. The first kappa shape index (κ1) is 18.4. The highest BCUT2D eigenvalue weighted by Crippen LogP contribution is 2.32. The summed E-state index contributed by atoms with van der Waals surface area (Å²) in [5, 5.41) is 0. The van der Waals surface area contributed by atoms with Crippen molar-refractivity contribution in [2.75, 3.05) is 24.7 Å². The highest BCUT2D eigenvalue weighted by Gasteiger charge is 2.27. The van der Waals surface area contributed by atoms with Crippen LogP contribution in [0.2, 0.25) is 0 Å². The molecule has 0 amide bonds. The van der Waals surface area contributed by atoms with Gasteiger partial charge in [-0.1, -0.05) is 30.0 Å². The largest absolute Gasteiger partial charge is 0.452 e. The molecule has 142 valence electrons. The van der Waals surface area contributed by atoms with Gasteiger partial charge < -0.3 is 15.4 Å². The van der Waals surface area contributed by atoms with Crippen molar-refractivity contribution in [3.05, 3.63) is 94.7 Å². The van der Waals surface area contributed by atoms with Gasteiger partial charge in [0.15, 0.2) is 5.76 Å². The summed E-state index contributed by atoms with van der Waals surface area (Å²) >= 11 is 0. The van der Waals surface area contributed by atoms with Crippen molar-refractivity contribution in [3.8, 4) is 17.6 Å². The Balaban J connectivity index is 1.58. The Morgan fingerprint density at radius 2 is 1.66 bits per heavy atom. The maximum atomic E-state index is 12.8. The zero-order valence-corrected chi connectivity index (χ0v) is 16.3. The van der Waals surface area contributed by atoms with E-state index in [-0.39, 0.29) is 5.78 Å². The molecule has 4 rings (SSSR count). The van der Waals surface area contributed by atoms with Gasteiger partial charge in [-0.3, -0.25) is 4.79 Å². The number of carbonyl (C=O) groups excluding carboxylic acids is 1. The van der Waals surface area contributed by atoms with Gasteiger partial charge in [-0.15, -0.1) is 0 Å². The Morgan fingerprint density at radius 1 is 0.931 bits per heavy atom. The molecule has 0 unspecified atom stereocenters. The molecule has 0 radical (unpaired) electrons. The van der Waals surface area contributed by atoms with Crippen molar-refractivity contribution in [1.29, 1.82) is 0 Å². The second kappa shape index (κ2) is 7.57. The van der Waals surface area contributed by atoms with Crippen molar-refractivity contribution in [1.82, 2.24) is 0 Å². The summed E-state index contributed by atoms with van der Waals surface area (Å²) < 4.78 is 5.77. The lowest BCUT2D eigenvalue weighted by molar-refractivity contribution is 0.101. The van der Waals surface area contributed by atoms with Crippen molar-refractivity contribution < 1.29 is 9.53 Å². The molecular formula is C25H20N2O2. The normalized spacial score (nSPS) is 13.4. The second-order valence-electron chi connectivity index (χ2n) is 7.01. The minimum absolute atomic E-state index is 0.135. The summed E-state index contributed by atoms with van der Waals surface area (Å²) in [7, 11) is 3.97. The van der Waals surface area contributed by atoms with Gasteiger partial charge in [0, 0.05) is 36.6 Å². The molecule has 0 aromatic heterocycles. The summed E-state index contributed by atoms with van der Waals surface area (Å²) in [5.74, 6) is 6.89. The molecule has 4 heteroatoms. The van der Waals surface area contributed by atoms with Crippen LogP contribution in [0.15, 0.2) is 72.5 Å². The van der Waals surface area contributed by atoms with Crippen molar-refractivity contribution in [2.24, 2.45) is 0 Å². The first-order valence-electron chi connectivity index (χ1n) is 9.23. The number of ketones is 1. The van der Waals surface area contributed by atoms with Crippen LogP contribution in [0.3, 0.4) is 0 Å². The average Bonchev–Trinajstić information content (AvgIpc) is 3.02. The van der Waals surface area contributed by atoms with E-state index in [9.17, 15) is 4.79 Å². The topological polar surface area (TPSA) is 55.6 Å². The van der Waals surface area contributed by atoms with Gasteiger partial charge in [0.1, 0.15) is 5.75 Å². The van der Waals surface area contributed by atoms with Gasteiger partial charge in [0.25, 0.3) is 0 Å². The number of allylic oxidation sites excluding steroid dienone is 1. The SMILES string of the molecule is CN(C)c1ccc(/C=C2\Oc3ccc(C#Cc4cccc(N)c4)cc3C2=O)cc1. The van der Waals surface area contributed by atoms with Gasteiger partial charge in [-0.05, 0) is 60.2 Å². The third kappa shape index (κ3) is 3.99. The smallest absolute Gasteiger partial charge is 0.232 e. The number of nitrogens with zero attached hydrogens (tertiary/aromatic N) is 1. The fourth-order valence-electron chi connectivity index (χ4n) is 3.05. The van der Waals surface area contributed by atoms with Crippen LogP contribution in [0.1, 0.15) is 27.0 Å². The summed E-state index contributed by atoms with van der Waals surface area (Å²) in [5.41, 5.74) is 10.6. The van der Waals surface area contributed by atoms with E-state index in [2.05, 4.69) is 11.8 Å². The van der Waals surface area contributed by atoms with E-state index >= 15 is 0 Å². The number of ether oxygens (including phenoxy) is 1. The van der Waals surface area contributed by atoms with Crippen LogP contribution < -0.4 is 15.4 Å². The summed E-state index contributed by atoms with van der Waals surface area (Å²) in [6, 6.07) is 20.7. The van der Waals surface area contributed by atoms with Crippen molar-refractivity contribution in [3.63, 3.8) is 0 Å². The molecule has 3 aromatic rings. The van der Waals surface area contributed by atoms with E-state index < -0.39 is 0 Å². The number of nitrogen functional groups attached to an aromatic ring is 1. The molecular weight excluding hydrogens is 360 g/mol. The summed E-state index contributed by atoms with van der Waals surface area (Å²) in [6.45, 7) is 0. The summed E-state index contributed by atoms with van der Waals surface area (Å²) in [6.07, 6.45) is 1.76. The standard InChI is InChI=1S/C25H20N2O2/c1-27(2)21-11-8-19(9-12-21)16-24-25(28)22-15-18(10-13-23(22)29-24)7-6-17-4-3-5-20(26)14-17/h3-5,8-16H,26H2,1-2H3/b24-16-. The van der Waals surface area contributed by atoms with Crippen LogP contribution >= 0.6 is 0 Å². The molecule has 3 aromatic carbocycles. The van der Waals surface area contributed by atoms with Crippen molar-refractivity contribution in [2.45, 2.75) is 0 Å². The van der Waals surface area contributed by atoms with E-state index in [1.165, 1.54) is 0 Å². The molecule has 0 saturated heterocycles. The Hall–Kier alpha value is -3.97. The molecule has 4 nitrogen and oxygen atoms in total. The Morgan fingerprint density at radius 3 is 2.34 bits per heavy atom. The van der Waals surface area contributed by atoms with Crippen LogP contribution in [0.4, 0.5) is 11.4 Å². The number of carbonyl (C=O) groups is 1. The Kier molecular flexibility index (Phi) is 4.80. The number of benzene rings is 3. The van der Waals surface area contributed by atoms with Gasteiger partial charge in [-0.25, -0.2) is 0 Å². The predicted molar refractivity (Wildman–Crippen MR) is 117 cm³/mol. The number of fused-ring (bicyclic) bond motifs is 1. The zero-order chi connectivity index (χ0) is 20.4. The molecule has 0 fully saturated rings. The quantitative estimate of drug-likeness (QED) is 0.408. The third-order valence-corrected chi connectivity index (χ3v) is 4.61. The van der Waals surface area contributed by atoms with Gasteiger partial charge >= 0.3 is 0 Å². The Bertz CT molecular complexity index is 1180. The Labute approximate surface area is 170 Å². The lowest BCUT2D eigenvalue weighted by Crippen LogP contribution is -2.08. The fraction of sp³-hybridized carbons (Fsp3) is 0.0800. The highest BCUT2D eigenvalue weighted by molar-refractivity contribution is 6.14. The fourth-order valence-corrected chi connectivity index (χ4v) is 3.05. The van der Waals surface area contributed by atoms with Crippen LogP contribution in [0, 0.1) is 11.8 Å². The van der Waals surface area contributed by atoms with E-state index in [0.717, 1.165) is 22.4 Å². The van der Waals surface area contributed by atoms with E-state index in [4.69, 9.17) is 10.5 Å². The number of rotatable bonds is 2. The number of hydrogen-bond acceptors (Lipinski definition) is 4. The third-order valence-electron chi connectivity index (χ3n) is 4.61. The molecule has 1 aliphatic heterocycles. The molecule has 0 saturated carbocycles. The molecule has 0 aliphatic carbocycles. The first-order valence-corrected chi connectivity index (χ1v) is 9.23. The minimum atomic E-state index is -0.135. The first-order chi connectivity index (χ1) is 14.0. The number of Topliss-reactive ketones (excluding diaryl/α,β-unsaturated/α-hetero) is 1. The maximum absolute atomic E-state index is 12.8. The lowest BCUT2D eigenvalue weighted by atomic mass is 10.1. The molecule has 0 atom stereocenters. The lowest BCUT2D eigenvalue weighted by Gasteiger charge is -2.11. The van der Waals surface area contributed by atoms with E-state index in [0.29, 0.717) is 22.8 Å². The summed E-state index contributed by atoms with van der Waals surface area (Å²) in [4.78, 5) is 14.8. The number of nitrogens with two attached hydrogens (primary N) is 1. The van der Waals surface area contributed by atoms with Gasteiger partial charge in [0.05, 0.1) is 5.56 Å². The van der Waals surface area contributed by atoms with Crippen LogP contribution in [0.5, 0.6) is 5.75 Å². The number of hydrogen-bond donors (Lipinski definition) is 1. The van der Waals surface area contributed by atoms with Crippen LogP contribution in [-0.4, -0.2) is 19.9 Å². The van der Waals surface area contributed by atoms with Gasteiger partial charge in [-0.2, -0.15) is 0 Å². The minimum Gasteiger partial charge on any atom is -0.452 e. The second-order valence-corrected chi connectivity index (χ2v) is 7.01. The van der Waals surface area contributed by atoms with Crippen molar-refractivity contribution >= 4 is 23.2 Å². The number of anilines is 2. The van der Waals surface area contributed by atoms with Crippen LogP contribution in [0.25, 0.3) is 6.08 Å². The monoisotopic (exact) mass is 380 g/mol. The molecule has 2 N–H and O–H groups in total.